The van der Waals surface area contributed by atoms with Crippen LogP contribution in [0.5, 0.6) is 0 Å². The van der Waals surface area contributed by atoms with Crippen LogP contribution in [0.1, 0.15) is 38.5 Å². The van der Waals surface area contributed by atoms with Crippen LogP contribution in [-0.4, -0.2) is 5.54 Å². The van der Waals surface area contributed by atoms with E-state index in [1.165, 1.54) is 38.5 Å². The first-order chi connectivity index (χ1) is 8.72. The molecular formula is C16H22N2. The summed E-state index contributed by atoms with van der Waals surface area (Å²) in [6.45, 7) is 0. The zero-order valence-corrected chi connectivity index (χ0v) is 10.9. The summed E-state index contributed by atoms with van der Waals surface area (Å²) in [6.07, 6.45) is 8.58. The Balaban J connectivity index is 1.63. The van der Waals surface area contributed by atoms with Crippen LogP contribution < -0.4 is 11.1 Å². The summed E-state index contributed by atoms with van der Waals surface area (Å²) in [5, 5.41) is 3.83. The number of benzene rings is 1. The Morgan fingerprint density at radius 3 is 2.06 bits per heavy atom. The summed E-state index contributed by atoms with van der Waals surface area (Å²) in [5.41, 5.74) is 8.50. The number of nitrogens with one attached hydrogen (secondary N) is 1. The molecule has 0 atom stereocenters. The van der Waals surface area contributed by atoms with Gasteiger partial charge in [0.05, 0.1) is 11.4 Å². The van der Waals surface area contributed by atoms with Gasteiger partial charge in [-0.25, -0.2) is 0 Å². The van der Waals surface area contributed by atoms with Crippen molar-refractivity contribution in [3.05, 3.63) is 24.3 Å². The molecule has 0 saturated heterocycles. The lowest BCUT2D eigenvalue weighted by atomic mass is 9.53. The van der Waals surface area contributed by atoms with E-state index < -0.39 is 0 Å². The van der Waals surface area contributed by atoms with Gasteiger partial charge in [0.25, 0.3) is 0 Å². The maximum atomic E-state index is 6.09. The topological polar surface area (TPSA) is 38.0 Å². The number of hydrogen-bond acceptors (Lipinski definition) is 2. The first-order valence-corrected chi connectivity index (χ1v) is 7.35. The van der Waals surface area contributed by atoms with Crippen LogP contribution in [0.3, 0.4) is 0 Å². The Bertz CT molecular complexity index is 431. The van der Waals surface area contributed by atoms with Gasteiger partial charge >= 0.3 is 0 Å². The van der Waals surface area contributed by atoms with E-state index in [1.54, 1.807) is 0 Å². The van der Waals surface area contributed by atoms with Crippen molar-refractivity contribution < 1.29 is 0 Å². The highest BCUT2D eigenvalue weighted by Crippen LogP contribution is 2.56. The molecule has 0 aliphatic heterocycles. The second kappa shape index (κ2) is 3.66. The van der Waals surface area contributed by atoms with Crippen molar-refractivity contribution in [2.24, 2.45) is 17.8 Å². The van der Waals surface area contributed by atoms with Crippen molar-refractivity contribution in [2.75, 3.05) is 11.1 Å². The molecule has 2 nitrogen and oxygen atoms in total. The molecule has 4 aliphatic carbocycles. The van der Waals surface area contributed by atoms with Gasteiger partial charge < -0.3 is 11.1 Å². The molecule has 4 saturated carbocycles. The smallest absolute Gasteiger partial charge is 0.0578 e. The fraction of sp³-hybridized carbons (Fsp3) is 0.625. The van der Waals surface area contributed by atoms with Crippen molar-refractivity contribution in [3.8, 4) is 0 Å². The third kappa shape index (κ3) is 1.62. The first-order valence-electron chi connectivity index (χ1n) is 7.35. The van der Waals surface area contributed by atoms with Crippen LogP contribution in [0.15, 0.2) is 24.3 Å². The number of rotatable bonds is 2. The Kier molecular flexibility index (Phi) is 2.18. The highest BCUT2D eigenvalue weighted by atomic mass is 15.0. The molecule has 4 aliphatic rings. The fourth-order valence-electron chi connectivity index (χ4n) is 5.16. The van der Waals surface area contributed by atoms with Gasteiger partial charge in [0.15, 0.2) is 0 Å². The number of hydrogen-bond donors (Lipinski definition) is 2. The summed E-state index contributed by atoms with van der Waals surface area (Å²) in [4.78, 5) is 0. The predicted molar refractivity (Wildman–Crippen MR) is 75.4 cm³/mol. The number of nitrogens with two attached hydrogens (primary N) is 1. The fourth-order valence-corrected chi connectivity index (χ4v) is 5.16. The van der Waals surface area contributed by atoms with E-state index in [2.05, 4.69) is 17.4 Å². The minimum atomic E-state index is 0.365. The van der Waals surface area contributed by atoms with E-state index in [0.29, 0.717) is 5.54 Å². The second-order valence-corrected chi connectivity index (χ2v) is 6.91. The SMILES string of the molecule is Nc1ccccc1NC12CC3CC(CC(C3)C1)C2. The second-order valence-electron chi connectivity index (χ2n) is 6.91. The molecule has 2 heteroatoms. The Morgan fingerprint density at radius 2 is 1.50 bits per heavy atom. The quantitative estimate of drug-likeness (QED) is 0.777. The molecule has 4 bridgehead atoms. The molecule has 0 spiro atoms. The van der Waals surface area contributed by atoms with Gasteiger partial charge in [-0.2, -0.15) is 0 Å². The lowest BCUT2D eigenvalue weighted by Gasteiger charge is -2.57. The normalized spacial score (nSPS) is 41.0. The van der Waals surface area contributed by atoms with Crippen molar-refractivity contribution >= 4 is 11.4 Å². The molecular weight excluding hydrogens is 220 g/mol. The minimum Gasteiger partial charge on any atom is -0.397 e. The lowest BCUT2D eigenvalue weighted by Crippen LogP contribution is -2.54. The van der Waals surface area contributed by atoms with Gasteiger partial charge in [-0.3, -0.25) is 0 Å². The average molecular weight is 242 g/mol. The molecule has 0 amide bonds. The number of nitrogen functional groups attached to an aromatic ring is 1. The first kappa shape index (κ1) is 10.7. The standard InChI is InChI=1S/C16H22N2/c17-14-3-1-2-4-15(14)18-16-8-11-5-12(9-16)7-13(6-11)10-16/h1-4,11-13,18H,5-10,17H2. The Labute approximate surface area is 109 Å². The summed E-state index contributed by atoms with van der Waals surface area (Å²) in [7, 11) is 0. The molecule has 0 unspecified atom stereocenters. The van der Waals surface area contributed by atoms with E-state index in [-0.39, 0.29) is 0 Å². The monoisotopic (exact) mass is 242 g/mol. The average Bonchev–Trinajstić information content (AvgIpc) is 2.30. The van der Waals surface area contributed by atoms with Crippen molar-refractivity contribution in [1.29, 1.82) is 0 Å². The zero-order chi connectivity index (χ0) is 12.2. The third-order valence-electron chi connectivity index (χ3n) is 5.40. The largest absolute Gasteiger partial charge is 0.397 e. The summed E-state index contributed by atoms with van der Waals surface area (Å²) in [6, 6.07) is 8.23. The summed E-state index contributed by atoms with van der Waals surface area (Å²) in [5.74, 6) is 2.94. The maximum absolute atomic E-state index is 6.09. The van der Waals surface area contributed by atoms with E-state index in [4.69, 9.17) is 5.73 Å². The van der Waals surface area contributed by atoms with Crippen molar-refractivity contribution in [3.63, 3.8) is 0 Å². The Morgan fingerprint density at radius 1 is 0.944 bits per heavy atom. The van der Waals surface area contributed by atoms with Gasteiger partial charge in [-0.15, -0.1) is 0 Å². The van der Waals surface area contributed by atoms with Crippen LogP contribution in [0.2, 0.25) is 0 Å². The van der Waals surface area contributed by atoms with Gasteiger partial charge in [0.1, 0.15) is 0 Å². The van der Waals surface area contributed by atoms with Gasteiger partial charge in [-0.05, 0) is 68.4 Å². The van der Waals surface area contributed by atoms with Crippen LogP contribution in [0.4, 0.5) is 11.4 Å². The number of anilines is 2. The van der Waals surface area contributed by atoms with Crippen LogP contribution in [0, 0.1) is 17.8 Å². The highest BCUT2D eigenvalue weighted by Gasteiger charge is 2.50. The molecule has 0 heterocycles. The van der Waals surface area contributed by atoms with E-state index >= 15 is 0 Å². The van der Waals surface area contributed by atoms with E-state index in [9.17, 15) is 0 Å². The third-order valence-corrected chi connectivity index (χ3v) is 5.40. The van der Waals surface area contributed by atoms with Gasteiger partial charge in [0.2, 0.25) is 0 Å². The molecule has 1 aromatic carbocycles. The molecule has 1 aromatic rings. The summed E-state index contributed by atoms with van der Waals surface area (Å²) >= 11 is 0. The van der Waals surface area contributed by atoms with Crippen molar-refractivity contribution in [1.82, 2.24) is 0 Å². The van der Waals surface area contributed by atoms with Crippen LogP contribution >= 0.6 is 0 Å². The molecule has 0 aromatic heterocycles. The molecule has 18 heavy (non-hydrogen) atoms. The van der Waals surface area contributed by atoms with Crippen LogP contribution in [-0.2, 0) is 0 Å². The van der Waals surface area contributed by atoms with E-state index in [0.717, 1.165) is 29.1 Å². The molecule has 0 radical (unpaired) electrons. The molecule has 4 fully saturated rings. The summed E-state index contributed by atoms with van der Waals surface area (Å²) < 4.78 is 0. The van der Waals surface area contributed by atoms with Crippen molar-refractivity contribution in [2.45, 2.75) is 44.1 Å². The van der Waals surface area contributed by atoms with Gasteiger partial charge in [-0.1, -0.05) is 12.1 Å². The maximum Gasteiger partial charge on any atom is 0.0578 e. The lowest BCUT2D eigenvalue weighted by molar-refractivity contribution is 0.0107. The molecule has 5 rings (SSSR count). The van der Waals surface area contributed by atoms with Crippen LogP contribution in [0.25, 0.3) is 0 Å². The van der Waals surface area contributed by atoms with E-state index in [1.807, 2.05) is 12.1 Å². The Hall–Kier alpha value is -1.18. The minimum absolute atomic E-state index is 0.365. The predicted octanol–water partition coefficient (Wildman–Crippen LogP) is 3.65. The highest BCUT2D eigenvalue weighted by molar-refractivity contribution is 5.66. The number of para-hydroxylation sites is 2. The van der Waals surface area contributed by atoms with Gasteiger partial charge in [0, 0.05) is 5.54 Å². The molecule has 3 N–H and O–H groups in total. The molecule has 96 valence electrons. The zero-order valence-electron chi connectivity index (χ0n) is 10.9.